The number of piperidine rings is 1. The fourth-order valence-corrected chi connectivity index (χ4v) is 4.73. The maximum absolute atomic E-state index is 11.6. The lowest BCUT2D eigenvalue weighted by molar-refractivity contribution is 0.185. The van der Waals surface area contributed by atoms with Gasteiger partial charge in [0.1, 0.15) is 0 Å². The molecule has 1 saturated heterocycles. The normalized spacial score (nSPS) is 22.6. The standard InChI is InChI=1S/C13H25Cl2NO2S/c1-3-6-13(10-14,11-15)8-12-5-4-7-16(9-12)19(2,17)18/h12H,3-11H2,1-2H3. The van der Waals surface area contributed by atoms with E-state index in [1.54, 1.807) is 4.31 Å². The third-order valence-electron chi connectivity index (χ3n) is 4.02. The van der Waals surface area contributed by atoms with E-state index in [1.165, 1.54) is 6.26 Å². The topological polar surface area (TPSA) is 37.4 Å². The van der Waals surface area contributed by atoms with E-state index in [1.807, 2.05) is 0 Å². The van der Waals surface area contributed by atoms with E-state index in [0.717, 1.165) is 32.1 Å². The predicted octanol–water partition coefficient (Wildman–Crippen LogP) is 3.31. The zero-order valence-electron chi connectivity index (χ0n) is 11.9. The molecule has 3 nitrogen and oxygen atoms in total. The Morgan fingerprint density at radius 2 is 1.95 bits per heavy atom. The zero-order valence-corrected chi connectivity index (χ0v) is 14.2. The molecule has 1 aliphatic rings. The van der Waals surface area contributed by atoms with E-state index in [-0.39, 0.29) is 5.41 Å². The maximum Gasteiger partial charge on any atom is 0.211 e. The van der Waals surface area contributed by atoms with Crippen LogP contribution in [-0.4, -0.2) is 43.8 Å². The van der Waals surface area contributed by atoms with Crippen LogP contribution >= 0.6 is 23.2 Å². The van der Waals surface area contributed by atoms with Crippen LogP contribution in [0.25, 0.3) is 0 Å². The van der Waals surface area contributed by atoms with Gasteiger partial charge < -0.3 is 0 Å². The molecule has 0 amide bonds. The zero-order chi connectivity index (χ0) is 14.5. The average molecular weight is 330 g/mol. The van der Waals surface area contributed by atoms with E-state index < -0.39 is 10.0 Å². The van der Waals surface area contributed by atoms with Crippen molar-refractivity contribution in [1.82, 2.24) is 4.31 Å². The lowest BCUT2D eigenvalue weighted by Crippen LogP contribution is -2.41. The number of hydrogen-bond donors (Lipinski definition) is 0. The third-order valence-corrected chi connectivity index (χ3v) is 6.42. The smallest absolute Gasteiger partial charge is 0.211 e. The van der Waals surface area contributed by atoms with Crippen molar-refractivity contribution in [2.24, 2.45) is 11.3 Å². The molecule has 0 aromatic rings. The molecule has 6 heteroatoms. The first-order valence-electron chi connectivity index (χ1n) is 6.94. The second-order valence-electron chi connectivity index (χ2n) is 5.85. The van der Waals surface area contributed by atoms with E-state index >= 15 is 0 Å². The molecule has 19 heavy (non-hydrogen) atoms. The van der Waals surface area contributed by atoms with Crippen LogP contribution in [0.4, 0.5) is 0 Å². The summed E-state index contributed by atoms with van der Waals surface area (Å²) in [4.78, 5) is 0. The minimum absolute atomic E-state index is 0.0386. The molecule has 1 heterocycles. The van der Waals surface area contributed by atoms with E-state index in [0.29, 0.717) is 30.8 Å². The molecule has 0 saturated carbocycles. The van der Waals surface area contributed by atoms with Crippen LogP contribution in [-0.2, 0) is 10.0 Å². The van der Waals surface area contributed by atoms with Gasteiger partial charge in [-0.1, -0.05) is 13.3 Å². The van der Waals surface area contributed by atoms with Crippen LogP contribution in [0.3, 0.4) is 0 Å². The van der Waals surface area contributed by atoms with E-state index in [4.69, 9.17) is 23.2 Å². The number of nitrogens with zero attached hydrogens (tertiary/aromatic N) is 1. The highest BCUT2D eigenvalue weighted by molar-refractivity contribution is 7.88. The Hall–Kier alpha value is 0.490. The summed E-state index contributed by atoms with van der Waals surface area (Å²) in [6.45, 7) is 3.41. The Morgan fingerprint density at radius 1 is 1.32 bits per heavy atom. The summed E-state index contributed by atoms with van der Waals surface area (Å²) in [6.07, 6.45) is 6.30. The van der Waals surface area contributed by atoms with Gasteiger partial charge in [-0.2, -0.15) is 0 Å². The van der Waals surface area contributed by atoms with Crippen LogP contribution in [0.15, 0.2) is 0 Å². The number of alkyl halides is 2. The van der Waals surface area contributed by atoms with Gasteiger partial charge in [0.05, 0.1) is 6.26 Å². The Bertz CT molecular complexity index is 369. The largest absolute Gasteiger partial charge is 0.213 e. The average Bonchev–Trinajstić information content (AvgIpc) is 2.37. The number of rotatable bonds is 7. The Balaban J connectivity index is 2.69. The number of halogens is 2. The summed E-state index contributed by atoms with van der Waals surface area (Å²) in [6, 6.07) is 0. The van der Waals surface area contributed by atoms with Gasteiger partial charge in [-0.15, -0.1) is 23.2 Å². The summed E-state index contributed by atoms with van der Waals surface area (Å²) < 4.78 is 24.9. The van der Waals surface area contributed by atoms with Crippen LogP contribution in [0.1, 0.15) is 39.0 Å². The minimum atomic E-state index is -3.07. The van der Waals surface area contributed by atoms with Crippen LogP contribution in [0.5, 0.6) is 0 Å². The van der Waals surface area contributed by atoms with Crippen molar-refractivity contribution >= 4 is 33.2 Å². The molecule has 0 spiro atoms. The van der Waals surface area contributed by atoms with Gasteiger partial charge in [0, 0.05) is 24.8 Å². The number of sulfonamides is 1. The van der Waals surface area contributed by atoms with Crippen molar-refractivity contribution in [2.45, 2.75) is 39.0 Å². The molecule has 0 aliphatic carbocycles. The summed E-state index contributed by atoms with van der Waals surface area (Å²) in [5.41, 5.74) is -0.0386. The van der Waals surface area contributed by atoms with E-state index in [9.17, 15) is 8.42 Å². The summed E-state index contributed by atoms with van der Waals surface area (Å²) in [5, 5.41) is 0. The van der Waals surface area contributed by atoms with Crippen LogP contribution in [0.2, 0.25) is 0 Å². The van der Waals surface area contributed by atoms with Gasteiger partial charge in [-0.25, -0.2) is 12.7 Å². The lowest BCUT2D eigenvalue weighted by Gasteiger charge is -2.37. The molecule has 1 rings (SSSR count). The Morgan fingerprint density at radius 3 is 2.42 bits per heavy atom. The first kappa shape index (κ1) is 17.5. The summed E-state index contributed by atoms with van der Waals surface area (Å²) >= 11 is 12.3. The molecule has 114 valence electrons. The van der Waals surface area contributed by atoms with Crippen LogP contribution in [0, 0.1) is 11.3 Å². The minimum Gasteiger partial charge on any atom is -0.213 e. The third kappa shape index (κ3) is 5.07. The second-order valence-corrected chi connectivity index (χ2v) is 8.37. The lowest BCUT2D eigenvalue weighted by atomic mass is 9.77. The first-order valence-corrected chi connectivity index (χ1v) is 9.85. The highest BCUT2D eigenvalue weighted by Crippen LogP contribution is 2.37. The molecule has 1 unspecified atom stereocenters. The van der Waals surface area contributed by atoms with Gasteiger partial charge in [0.25, 0.3) is 0 Å². The van der Waals surface area contributed by atoms with E-state index in [2.05, 4.69) is 6.92 Å². The molecule has 1 fully saturated rings. The van der Waals surface area contributed by atoms with Crippen molar-refractivity contribution in [1.29, 1.82) is 0 Å². The highest BCUT2D eigenvalue weighted by atomic mass is 35.5. The number of hydrogen-bond acceptors (Lipinski definition) is 2. The first-order chi connectivity index (χ1) is 8.87. The molecule has 1 aliphatic heterocycles. The summed E-state index contributed by atoms with van der Waals surface area (Å²) in [5.74, 6) is 1.49. The van der Waals surface area contributed by atoms with Gasteiger partial charge in [0.15, 0.2) is 0 Å². The quantitative estimate of drug-likeness (QED) is 0.672. The maximum atomic E-state index is 11.6. The van der Waals surface area contributed by atoms with Crippen molar-refractivity contribution < 1.29 is 8.42 Å². The van der Waals surface area contributed by atoms with Gasteiger partial charge in [0.2, 0.25) is 10.0 Å². The molecule has 0 N–H and O–H groups in total. The fourth-order valence-electron chi connectivity index (χ4n) is 3.02. The molecule has 0 bridgehead atoms. The van der Waals surface area contributed by atoms with Gasteiger partial charge in [-0.05, 0) is 37.0 Å². The summed E-state index contributed by atoms with van der Waals surface area (Å²) in [7, 11) is -3.07. The van der Waals surface area contributed by atoms with Crippen molar-refractivity contribution in [3.8, 4) is 0 Å². The SMILES string of the molecule is CCCC(CCl)(CCl)CC1CCCN(S(C)(=O)=O)C1. The van der Waals surface area contributed by atoms with Gasteiger partial charge >= 0.3 is 0 Å². The molecule has 0 radical (unpaired) electrons. The Labute approximate surface area is 127 Å². The van der Waals surface area contributed by atoms with Crippen molar-refractivity contribution in [2.75, 3.05) is 31.1 Å². The fraction of sp³-hybridized carbons (Fsp3) is 1.00. The van der Waals surface area contributed by atoms with Gasteiger partial charge in [-0.3, -0.25) is 0 Å². The van der Waals surface area contributed by atoms with Crippen LogP contribution < -0.4 is 0 Å². The molecule has 0 aromatic heterocycles. The highest BCUT2D eigenvalue weighted by Gasteiger charge is 2.34. The monoisotopic (exact) mass is 329 g/mol. The molecule has 0 aromatic carbocycles. The Kier molecular flexibility index (Phi) is 6.91. The van der Waals surface area contributed by atoms with Crippen molar-refractivity contribution in [3.05, 3.63) is 0 Å². The van der Waals surface area contributed by atoms with Crippen molar-refractivity contribution in [3.63, 3.8) is 0 Å². The second kappa shape index (κ2) is 7.48. The molecular formula is C13H25Cl2NO2S. The predicted molar refractivity (Wildman–Crippen MR) is 82.5 cm³/mol. The molecular weight excluding hydrogens is 305 g/mol. The molecule has 1 atom stereocenters.